The number of para-hydroxylation sites is 1. The summed E-state index contributed by atoms with van der Waals surface area (Å²) in [6, 6.07) is 2.77. The molecule has 0 fully saturated rings. The van der Waals surface area contributed by atoms with Crippen molar-refractivity contribution in [3.05, 3.63) is 36.0 Å². The number of amides is 3. The van der Waals surface area contributed by atoms with Crippen LogP contribution in [-0.4, -0.2) is 74.9 Å². The molecule has 0 unspecified atom stereocenters. The number of fused-ring (bicyclic) bond motifs is 1. The Morgan fingerprint density at radius 1 is 1.00 bits per heavy atom. The average Bonchev–Trinajstić information content (AvgIpc) is 3.21. The molecule has 2 rings (SSSR count). The standard InChI is InChI=1S/C23H33N5O6S/c1-11(2)18(24)22(32)26-16(8-13-9-25-15-7-5-4-6-14(13)15)20(30)27-17(10-35)21(31)28-19(12(3)29)23(33)34/h4-7,9,11-12,16-19,25,29,35H,8,10,24H2,1-3H3,(H,26,32)(H,27,30)(H,28,31)(H,33,34)/t12-,16+,17+,18+,19+/m1/s1. The van der Waals surface area contributed by atoms with E-state index in [0.29, 0.717) is 0 Å². The number of aliphatic hydroxyl groups is 1. The molecule has 0 aliphatic rings. The molecule has 1 aromatic carbocycles. The van der Waals surface area contributed by atoms with E-state index < -0.39 is 54.0 Å². The Balaban J connectivity index is 2.25. The predicted octanol–water partition coefficient (Wildman–Crippen LogP) is -0.457. The number of nitrogens with one attached hydrogen (secondary N) is 4. The molecular weight excluding hydrogens is 474 g/mol. The molecule has 0 saturated heterocycles. The van der Waals surface area contributed by atoms with Crippen molar-refractivity contribution in [3.63, 3.8) is 0 Å². The van der Waals surface area contributed by atoms with Gasteiger partial charge in [-0.3, -0.25) is 14.4 Å². The van der Waals surface area contributed by atoms with Gasteiger partial charge >= 0.3 is 5.97 Å². The SMILES string of the molecule is CC(C)[C@H](N)C(=O)N[C@@H](Cc1c[nH]c2ccccc12)C(=O)N[C@@H](CS)C(=O)N[C@H](C(=O)O)[C@@H](C)O. The lowest BCUT2D eigenvalue weighted by molar-refractivity contribution is -0.145. The van der Waals surface area contributed by atoms with E-state index in [4.69, 9.17) is 5.73 Å². The van der Waals surface area contributed by atoms with Crippen LogP contribution in [0.25, 0.3) is 10.9 Å². The maximum Gasteiger partial charge on any atom is 0.328 e. The van der Waals surface area contributed by atoms with Crippen LogP contribution in [0.15, 0.2) is 30.5 Å². The number of aliphatic carboxylic acids is 1. The first-order chi connectivity index (χ1) is 16.5. The molecule has 0 saturated carbocycles. The molecule has 1 aromatic heterocycles. The predicted molar refractivity (Wildman–Crippen MR) is 134 cm³/mol. The number of aliphatic hydroxyl groups excluding tert-OH is 1. The van der Waals surface area contributed by atoms with Crippen LogP contribution in [0.5, 0.6) is 0 Å². The zero-order valence-corrected chi connectivity index (χ0v) is 20.7. The van der Waals surface area contributed by atoms with E-state index in [1.54, 1.807) is 20.0 Å². The lowest BCUT2D eigenvalue weighted by atomic mass is 10.0. The highest BCUT2D eigenvalue weighted by Gasteiger charge is 2.32. The minimum absolute atomic E-state index is 0.110. The summed E-state index contributed by atoms with van der Waals surface area (Å²) in [6.07, 6.45) is 0.486. The van der Waals surface area contributed by atoms with E-state index in [-0.39, 0.29) is 18.1 Å². The minimum Gasteiger partial charge on any atom is -0.480 e. The van der Waals surface area contributed by atoms with Crippen LogP contribution >= 0.6 is 12.6 Å². The number of carbonyl (C=O) groups excluding carboxylic acids is 3. The summed E-state index contributed by atoms with van der Waals surface area (Å²) in [7, 11) is 0. The van der Waals surface area contributed by atoms with Crippen LogP contribution in [0, 0.1) is 5.92 Å². The number of aromatic amines is 1. The van der Waals surface area contributed by atoms with Gasteiger partial charge in [-0.05, 0) is 24.5 Å². The van der Waals surface area contributed by atoms with Crippen molar-refractivity contribution in [2.75, 3.05) is 5.75 Å². The number of hydrogen-bond donors (Lipinski definition) is 8. The Kier molecular flexibility index (Phi) is 10.1. The lowest BCUT2D eigenvalue weighted by Gasteiger charge is -2.25. The summed E-state index contributed by atoms with van der Waals surface area (Å²) in [5.74, 6) is -3.77. The number of H-pyrrole nitrogens is 1. The van der Waals surface area contributed by atoms with E-state index in [1.165, 1.54) is 6.92 Å². The van der Waals surface area contributed by atoms with Gasteiger partial charge in [-0.25, -0.2) is 4.79 Å². The Morgan fingerprint density at radius 3 is 2.17 bits per heavy atom. The third-order valence-corrected chi connectivity index (χ3v) is 5.98. The van der Waals surface area contributed by atoms with E-state index >= 15 is 0 Å². The van der Waals surface area contributed by atoms with Gasteiger partial charge in [-0.15, -0.1) is 0 Å². The van der Waals surface area contributed by atoms with E-state index in [9.17, 15) is 29.4 Å². The number of carbonyl (C=O) groups is 4. The topological polar surface area (TPSA) is 187 Å². The molecule has 11 nitrogen and oxygen atoms in total. The number of rotatable bonds is 12. The second-order valence-corrected chi connectivity index (χ2v) is 9.07. The Morgan fingerprint density at radius 2 is 1.60 bits per heavy atom. The molecule has 0 radical (unpaired) electrons. The quantitative estimate of drug-likeness (QED) is 0.179. The zero-order chi connectivity index (χ0) is 26.3. The molecular formula is C23H33N5O6S. The summed E-state index contributed by atoms with van der Waals surface area (Å²) in [5.41, 5.74) is 7.58. The number of benzene rings is 1. The third-order valence-electron chi connectivity index (χ3n) is 5.61. The second-order valence-electron chi connectivity index (χ2n) is 8.70. The van der Waals surface area contributed by atoms with Crippen LogP contribution in [-0.2, 0) is 25.6 Å². The number of thiol groups is 1. The van der Waals surface area contributed by atoms with Gasteiger partial charge in [0.15, 0.2) is 6.04 Å². The monoisotopic (exact) mass is 507 g/mol. The summed E-state index contributed by atoms with van der Waals surface area (Å²) in [4.78, 5) is 52.9. The van der Waals surface area contributed by atoms with Crippen molar-refractivity contribution < 1.29 is 29.4 Å². The average molecular weight is 508 g/mol. The molecule has 8 N–H and O–H groups in total. The summed E-state index contributed by atoms with van der Waals surface area (Å²) in [5, 5.41) is 27.1. The van der Waals surface area contributed by atoms with Crippen molar-refractivity contribution >= 4 is 47.2 Å². The Labute approximate surface area is 208 Å². The number of nitrogens with two attached hydrogens (primary N) is 1. The largest absolute Gasteiger partial charge is 0.480 e. The highest BCUT2D eigenvalue weighted by molar-refractivity contribution is 7.80. The molecule has 1 heterocycles. The number of hydrogen-bond acceptors (Lipinski definition) is 7. The van der Waals surface area contributed by atoms with Gasteiger partial charge < -0.3 is 36.9 Å². The maximum atomic E-state index is 13.2. The fourth-order valence-electron chi connectivity index (χ4n) is 3.41. The van der Waals surface area contributed by atoms with Crippen molar-refractivity contribution in [2.45, 2.75) is 57.5 Å². The first-order valence-corrected chi connectivity index (χ1v) is 11.8. The van der Waals surface area contributed by atoms with Crippen LogP contribution in [0.4, 0.5) is 0 Å². The van der Waals surface area contributed by atoms with Gasteiger partial charge in [0.1, 0.15) is 12.1 Å². The first kappa shape index (κ1) is 28.1. The third kappa shape index (κ3) is 7.44. The Bertz CT molecular complexity index is 1060. The van der Waals surface area contributed by atoms with Crippen LogP contribution < -0.4 is 21.7 Å². The van der Waals surface area contributed by atoms with Gasteiger partial charge in [-0.1, -0.05) is 32.0 Å². The maximum absolute atomic E-state index is 13.2. The van der Waals surface area contributed by atoms with Gasteiger partial charge in [0, 0.05) is 29.3 Å². The highest BCUT2D eigenvalue weighted by atomic mass is 32.1. The van der Waals surface area contributed by atoms with Gasteiger partial charge in [0.25, 0.3) is 0 Å². The van der Waals surface area contributed by atoms with Crippen LogP contribution in [0.2, 0.25) is 0 Å². The number of aromatic nitrogens is 1. The highest BCUT2D eigenvalue weighted by Crippen LogP contribution is 2.19. The van der Waals surface area contributed by atoms with E-state index in [2.05, 4.69) is 33.6 Å². The summed E-state index contributed by atoms with van der Waals surface area (Å²) >= 11 is 4.09. The first-order valence-electron chi connectivity index (χ1n) is 11.2. The fourth-order valence-corrected chi connectivity index (χ4v) is 3.67. The molecule has 0 bridgehead atoms. The molecule has 0 aliphatic carbocycles. The van der Waals surface area contributed by atoms with Crippen molar-refractivity contribution in [1.82, 2.24) is 20.9 Å². The van der Waals surface area contributed by atoms with Crippen molar-refractivity contribution in [3.8, 4) is 0 Å². The summed E-state index contributed by atoms with van der Waals surface area (Å²) in [6.45, 7) is 4.78. The number of carboxylic acid groups (broad SMARTS) is 1. The van der Waals surface area contributed by atoms with Gasteiger partial charge in [0.05, 0.1) is 12.1 Å². The lowest BCUT2D eigenvalue weighted by Crippen LogP contribution is -2.59. The molecule has 2 aromatic rings. The van der Waals surface area contributed by atoms with E-state index in [1.807, 2.05) is 24.3 Å². The molecule has 0 aliphatic heterocycles. The smallest absolute Gasteiger partial charge is 0.328 e. The van der Waals surface area contributed by atoms with Crippen molar-refractivity contribution in [1.29, 1.82) is 0 Å². The van der Waals surface area contributed by atoms with E-state index in [0.717, 1.165) is 16.5 Å². The molecule has 12 heteroatoms. The van der Waals surface area contributed by atoms with Gasteiger partial charge in [0.2, 0.25) is 17.7 Å². The van der Waals surface area contributed by atoms with Crippen LogP contribution in [0.1, 0.15) is 26.3 Å². The normalized spacial score (nSPS) is 15.6. The minimum atomic E-state index is -1.56. The number of carboxylic acids is 1. The zero-order valence-electron chi connectivity index (χ0n) is 19.8. The molecule has 5 atom stereocenters. The summed E-state index contributed by atoms with van der Waals surface area (Å²) < 4.78 is 0. The van der Waals surface area contributed by atoms with Crippen molar-refractivity contribution in [2.24, 2.45) is 11.7 Å². The molecule has 0 spiro atoms. The fraction of sp³-hybridized carbons (Fsp3) is 0.478. The second kappa shape index (κ2) is 12.6. The van der Waals surface area contributed by atoms with Gasteiger partial charge in [-0.2, -0.15) is 12.6 Å². The molecule has 192 valence electrons. The molecule has 35 heavy (non-hydrogen) atoms. The Hall–Kier alpha value is -3.09. The van der Waals surface area contributed by atoms with Crippen LogP contribution in [0.3, 0.4) is 0 Å². The molecule has 3 amide bonds.